The van der Waals surface area contributed by atoms with Gasteiger partial charge < -0.3 is 9.64 Å². The third kappa shape index (κ3) is 3.34. The summed E-state index contributed by atoms with van der Waals surface area (Å²) in [6.07, 6.45) is 2.93. The van der Waals surface area contributed by atoms with Crippen LogP contribution in [0.3, 0.4) is 0 Å². The van der Waals surface area contributed by atoms with Gasteiger partial charge in [0.05, 0.1) is 18.9 Å². The fraction of sp³-hybridized carbons (Fsp3) is 0.421. The number of amides is 1. The topological polar surface area (TPSA) is 64.4 Å². The highest BCUT2D eigenvalue weighted by Gasteiger charge is 2.32. The lowest BCUT2D eigenvalue weighted by molar-refractivity contribution is 0.0499. The molecular formula is C19H22FN3O3. The highest BCUT2D eigenvalue weighted by Crippen LogP contribution is 2.26. The van der Waals surface area contributed by atoms with E-state index in [9.17, 15) is 14.0 Å². The van der Waals surface area contributed by atoms with E-state index >= 15 is 0 Å². The standard InChI is InChI=1S/C19H22FN3O3/c1-12-5-4-6-13(2)22(12)19(25)18-16(26-3)11-17(24)23(21-18)15-9-7-14(20)8-10-15/h7-13H,4-6H2,1-3H3/t12-,13-/m0/s1. The number of nitrogens with zero attached hydrogens (tertiary/aromatic N) is 3. The molecule has 3 rings (SSSR count). The van der Waals surface area contributed by atoms with Crippen LogP contribution in [0.1, 0.15) is 43.6 Å². The normalized spacial score (nSPS) is 20.1. The molecule has 7 heteroatoms. The van der Waals surface area contributed by atoms with E-state index in [-0.39, 0.29) is 29.4 Å². The second-order valence-electron chi connectivity index (χ2n) is 6.63. The van der Waals surface area contributed by atoms with Crippen LogP contribution < -0.4 is 10.3 Å². The van der Waals surface area contributed by atoms with E-state index in [1.54, 1.807) is 4.90 Å². The number of halogens is 1. The van der Waals surface area contributed by atoms with Crippen molar-refractivity contribution in [3.05, 3.63) is 52.2 Å². The van der Waals surface area contributed by atoms with Crippen molar-refractivity contribution < 1.29 is 13.9 Å². The molecule has 138 valence electrons. The van der Waals surface area contributed by atoms with Crippen molar-refractivity contribution in [1.82, 2.24) is 14.7 Å². The molecular weight excluding hydrogens is 337 g/mol. The predicted octanol–water partition coefficient (Wildman–Crippen LogP) is 2.78. The lowest BCUT2D eigenvalue weighted by atomic mass is 9.97. The Morgan fingerprint density at radius 1 is 1.19 bits per heavy atom. The van der Waals surface area contributed by atoms with Gasteiger partial charge in [0.15, 0.2) is 11.4 Å². The van der Waals surface area contributed by atoms with Crippen molar-refractivity contribution in [1.29, 1.82) is 0 Å². The zero-order chi connectivity index (χ0) is 18.8. The number of ether oxygens (including phenoxy) is 1. The molecule has 1 amide bonds. The number of piperidine rings is 1. The molecule has 0 bridgehead atoms. The number of carbonyl (C=O) groups is 1. The Hall–Kier alpha value is -2.70. The van der Waals surface area contributed by atoms with Gasteiger partial charge in [0.2, 0.25) is 0 Å². The molecule has 0 saturated carbocycles. The first-order valence-electron chi connectivity index (χ1n) is 8.69. The first-order valence-corrected chi connectivity index (χ1v) is 8.69. The summed E-state index contributed by atoms with van der Waals surface area (Å²) >= 11 is 0. The SMILES string of the molecule is COc1cc(=O)n(-c2ccc(F)cc2)nc1C(=O)N1[C@@H](C)CCC[C@@H]1C. The van der Waals surface area contributed by atoms with Crippen LogP contribution in [-0.4, -0.2) is 39.8 Å². The Morgan fingerprint density at radius 3 is 2.38 bits per heavy atom. The van der Waals surface area contributed by atoms with Gasteiger partial charge in [-0.1, -0.05) is 0 Å². The second kappa shape index (κ2) is 7.27. The Balaban J connectivity index is 2.08. The molecule has 0 radical (unpaired) electrons. The Kier molecular flexibility index (Phi) is 5.06. The quantitative estimate of drug-likeness (QED) is 0.845. The van der Waals surface area contributed by atoms with Gasteiger partial charge >= 0.3 is 0 Å². The highest BCUT2D eigenvalue weighted by atomic mass is 19.1. The Bertz CT molecular complexity index is 853. The third-order valence-corrected chi connectivity index (χ3v) is 4.82. The van der Waals surface area contributed by atoms with Crippen molar-refractivity contribution in [3.63, 3.8) is 0 Å². The molecule has 1 saturated heterocycles. The summed E-state index contributed by atoms with van der Waals surface area (Å²) in [5.41, 5.74) is 0.00891. The average Bonchev–Trinajstić information content (AvgIpc) is 2.62. The minimum atomic E-state index is -0.454. The molecule has 2 atom stereocenters. The van der Waals surface area contributed by atoms with Crippen molar-refractivity contribution in [2.45, 2.75) is 45.2 Å². The van der Waals surface area contributed by atoms with E-state index in [4.69, 9.17) is 4.74 Å². The summed E-state index contributed by atoms with van der Waals surface area (Å²) in [5, 5.41) is 4.25. The molecule has 1 fully saturated rings. The van der Waals surface area contributed by atoms with Crippen LogP contribution in [0, 0.1) is 5.82 Å². The molecule has 0 spiro atoms. The summed E-state index contributed by atoms with van der Waals surface area (Å²) < 4.78 is 19.5. The largest absolute Gasteiger partial charge is 0.494 e. The monoisotopic (exact) mass is 359 g/mol. The number of hydrogen-bond donors (Lipinski definition) is 0. The van der Waals surface area contributed by atoms with Gasteiger partial charge in [-0.2, -0.15) is 9.78 Å². The van der Waals surface area contributed by atoms with Crippen molar-refractivity contribution >= 4 is 5.91 Å². The van der Waals surface area contributed by atoms with E-state index < -0.39 is 11.4 Å². The number of methoxy groups -OCH3 is 1. The average molecular weight is 359 g/mol. The van der Waals surface area contributed by atoms with Gasteiger partial charge in [-0.25, -0.2) is 4.39 Å². The van der Waals surface area contributed by atoms with E-state index in [0.717, 1.165) is 23.9 Å². The maximum atomic E-state index is 13.2. The second-order valence-corrected chi connectivity index (χ2v) is 6.63. The molecule has 2 aromatic rings. The summed E-state index contributed by atoms with van der Waals surface area (Å²) in [5.74, 6) is -0.539. The molecule has 26 heavy (non-hydrogen) atoms. The lowest BCUT2D eigenvalue weighted by Crippen LogP contribution is -2.48. The van der Waals surface area contributed by atoms with Crippen LogP contribution in [-0.2, 0) is 0 Å². The van der Waals surface area contributed by atoms with E-state index in [1.807, 2.05) is 13.8 Å². The Morgan fingerprint density at radius 2 is 1.81 bits per heavy atom. The van der Waals surface area contributed by atoms with E-state index in [2.05, 4.69) is 5.10 Å². The van der Waals surface area contributed by atoms with Crippen LogP contribution >= 0.6 is 0 Å². The van der Waals surface area contributed by atoms with Crippen molar-refractivity contribution in [2.24, 2.45) is 0 Å². The van der Waals surface area contributed by atoms with Crippen molar-refractivity contribution in [2.75, 3.05) is 7.11 Å². The molecule has 2 heterocycles. The summed E-state index contributed by atoms with van der Waals surface area (Å²) in [6.45, 7) is 4.02. The maximum Gasteiger partial charge on any atom is 0.278 e. The summed E-state index contributed by atoms with van der Waals surface area (Å²) in [7, 11) is 1.40. The van der Waals surface area contributed by atoms with Gasteiger partial charge in [-0.3, -0.25) is 9.59 Å². The Labute approximate surface area is 151 Å². The number of likely N-dealkylation sites (tertiary alicyclic amines) is 1. The van der Waals surface area contributed by atoms with E-state index in [0.29, 0.717) is 5.69 Å². The molecule has 0 N–H and O–H groups in total. The summed E-state index contributed by atoms with van der Waals surface area (Å²) in [4.78, 5) is 27.3. The van der Waals surface area contributed by atoms with Crippen LogP contribution in [0.4, 0.5) is 4.39 Å². The van der Waals surface area contributed by atoms with Crippen LogP contribution in [0.25, 0.3) is 5.69 Å². The molecule has 0 unspecified atom stereocenters. The van der Waals surface area contributed by atoms with Gasteiger partial charge in [-0.05, 0) is 57.4 Å². The highest BCUT2D eigenvalue weighted by molar-refractivity contribution is 5.95. The van der Waals surface area contributed by atoms with E-state index in [1.165, 1.54) is 37.4 Å². The van der Waals surface area contributed by atoms with Crippen molar-refractivity contribution in [3.8, 4) is 11.4 Å². The zero-order valence-corrected chi connectivity index (χ0v) is 15.1. The smallest absolute Gasteiger partial charge is 0.278 e. The zero-order valence-electron chi connectivity index (χ0n) is 15.1. The minimum Gasteiger partial charge on any atom is -0.494 e. The number of carbonyl (C=O) groups excluding carboxylic acids is 1. The van der Waals surface area contributed by atoms with Gasteiger partial charge in [0.25, 0.3) is 11.5 Å². The molecule has 0 aliphatic carbocycles. The number of aromatic nitrogens is 2. The number of rotatable bonds is 3. The third-order valence-electron chi connectivity index (χ3n) is 4.82. The fourth-order valence-corrected chi connectivity index (χ4v) is 3.46. The summed E-state index contributed by atoms with van der Waals surface area (Å²) in [6, 6.07) is 6.78. The number of benzene rings is 1. The van der Waals surface area contributed by atoms with Gasteiger partial charge in [-0.15, -0.1) is 0 Å². The molecule has 1 aromatic heterocycles. The number of hydrogen-bond acceptors (Lipinski definition) is 4. The van der Waals surface area contributed by atoms with Crippen LogP contribution in [0.5, 0.6) is 5.75 Å². The van der Waals surface area contributed by atoms with Gasteiger partial charge in [0.1, 0.15) is 5.82 Å². The minimum absolute atomic E-state index is 0.0806. The molecule has 1 aromatic carbocycles. The first kappa shape index (κ1) is 18.1. The fourth-order valence-electron chi connectivity index (χ4n) is 3.46. The van der Waals surface area contributed by atoms with Crippen LogP contribution in [0.2, 0.25) is 0 Å². The predicted molar refractivity (Wildman–Crippen MR) is 95.3 cm³/mol. The van der Waals surface area contributed by atoms with Crippen LogP contribution in [0.15, 0.2) is 35.1 Å². The lowest BCUT2D eigenvalue weighted by Gasteiger charge is -2.38. The first-order chi connectivity index (χ1) is 12.4. The molecule has 1 aliphatic heterocycles. The molecule has 6 nitrogen and oxygen atoms in total. The molecule has 1 aliphatic rings. The maximum absolute atomic E-state index is 13.2. The van der Waals surface area contributed by atoms with Gasteiger partial charge in [0, 0.05) is 12.1 Å².